The minimum absolute atomic E-state index is 0.00121. The number of alkyl halides is 5. The maximum atomic E-state index is 14.7. The Bertz CT molecular complexity index is 1330. The fourth-order valence-electron chi connectivity index (χ4n) is 4.11. The van der Waals surface area contributed by atoms with E-state index in [0.29, 0.717) is 4.57 Å². The van der Waals surface area contributed by atoms with Crippen molar-refractivity contribution < 1.29 is 31.1 Å². The van der Waals surface area contributed by atoms with Gasteiger partial charge in [0.25, 0.3) is 12.0 Å². The molecular weight excluding hydrogens is 478 g/mol. The van der Waals surface area contributed by atoms with Gasteiger partial charge in [0.05, 0.1) is 23.6 Å². The lowest BCUT2D eigenvalue weighted by molar-refractivity contribution is -0.180. The zero-order valence-corrected chi connectivity index (χ0v) is 19.0. The Balaban J connectivity index is 1.90. The van der Waals surface area contributed by atoms with Crippen LogP contribution in [0.1, 0.15) is 56.1 Å². The predicted molar refractivity (Wildman–Crippen MR) is 116 cm³/mol. The smallest absolute Gasteiger partial charge is 0.412 e. The van der Waals surface area contributed by atoms with Crippen molar-refractivity contribution >= 4 is 16.7 Å². The van der Waals surface area contributed by atoms with E-state index >= 15 is 0 Å². The summed E-state index contributed by atoms with van der Waals surface area (Å²) in [5.74, 6) is -1.27. The van der Waals surface area contributed by atoms with Crippen LogP contribution in [0.2, 0.25) is 0 Å². The van der Waals surface area contributed by atoms with Crippen LogP contribution in [0.4, 0.5) is 32.2 Å². The summed E-state index contributed by atoms with van der Waals surface area (Å²) in [6.45, 7) is 4.58. The first-order valence-corrected chi connectivity index (χ1v) is 10.9. The number of nitrogens with zero attached hydrogens (tertiary/aromatic N) is 3. The molecule has 0 amide bonds. The van der Waals surface area contributed by atoms with Crippen LogP contribution >= 0.6 is 0 Å². The second kappa shape index (κ2) is 8.72. The van der Waals surface area contributed by atoms with E-state index in [1.807, 2.05) is 0 Å². The van der Waals surface area contributed by atoms with Crippen molar-refractivity contribution in [2.75, 3.05) is 11.9 Å². The van der Waals surface area contributed by atoms with E-state index in [-0.39, 0.29) is 53.3 Å². The summed E-state index contributed by atoms with van der Waals surface area (Å²) in [7, 11) is 0. The van der Waals surface area contributed by atoms with Crippen LogP contribution in [-0.4, -0.2) is 27.3 Å². The minimum atomic E-state index is -4.68. The maximum absolute atomic E-state index is 14.7. The zero-order valence-electron chi connectivity index (χ0n) is 19.0. The van der Waals surface area contributed by atoms with Crippen LogP contribution in [0.3, 0.4) is 0 Å². The summed E-state index contributed by atoms with van der Waals surface area (Å²) < 4.78 is 88.7. The van der Waals surface area contributed by atoms with Gasteiger partial charge in [0, 0.05) is 11.8 Å². The molecule has 35 heavy (non-hydrogen) atoms. The molecular formula is C23H22F6N4O2. The Hall–Kier alpha value is -3.31. The van der Waals surface area contributed by atoms with Crippen molar-refractivity contribution in [2.45, 2.75) is 57.8 Å². The van der Waals surface area contributed by atoms with Crippen LogP contribution in [0.5, 0.6) is 5.75 Å². The summed E-state index contributed by atoms with van der Waals surface area (Å²) in [6, 6.07) is 2.67. The monoisotopic (exact) mass is 500 g/mol. The average Bonchev–Trinajstić information content (AvgIpc) is 3.57. The van der Waals surface area contributed by atoms with Gasteiger partial charge in [-0.05, 0) is 33.6 Å². The second-order valence-corrected chi connectivity index (χ2v) is 8.39. The number of nitrogens with one attached hydrogen (secondary N) is 1. The van der Waals surface area contributed by atoms with Crippen LogP contribution in [-0.2, 0) is 5.54 Å². The summed E-state index contributed by atoms with van der Waals surface area (Å²) in [6.07, 6.45) is -7.22. The fraction of sp³-hybridized carbons (Fsp3) is 0.435. The fourth-order valence-corrected chi connectivity index (χ4v) is 4.11. The van der Waals surface area contributed by atoms with Crippen molar-refractivity contribution in [1.82, 2.24) is 14.5 Å². The number of hydrogen-bond acceptors (Lipinski definition) is 5. The highest BCUT2D eigenvalue weighted by molar-refractivity contribution is 5.92. The SMILES string of the molecule is CCOc1c(=O)n(C2(C(F)(F)F)CC2)cc2c(N[C@H](C)c3cccc(C(F)F)c3F)nc(C)nc12. The number of aromatic nitrogens is 3. The first-order valence-electron chi connectivity index (χ1n) is 10.9. The van der Waals surface area contributed by atoms with Gasteiger partial charge >= 0.3 is 6.18 Å². The first kappa shape index (κ1) is 24.8. The molecule has 2 heterocycles. The van der Waals surface area contributed by atoms with E-state index < -0.39 is 41.1 Å². The van der Waals surface area contributed by atoms with E-state index in [1.54, 1.807) is 6.92 Å². The van der Waals surface area contributed by atoms with Gasteiger partial charge in [-0.2, -0.15) is 13.2 Å². The molecule has 0 saturated heterocycles. The molecule has 1 aliphatic rings. The summed E-state index contributed by atoms with van der Waals surface area (Å²) in [5, 5.41) is 2.94. The molecule has 0 bridgehead atoms. The summed E-state index contributed by atoms with van der Waals surface area (Å²) in [4.78, 5) is 21.5. The van der Waals surface area contributed by atoms with Gasteiger partial charge in [-0.3, -0.25) is 9.36 Å². The molecule has 0 spiro atoms. The molecule has 3 aromatic rings. The van der Waals surface area contributed by atoms with E-state index in [1.165, 1.54) is 26.0 Å². The number of anilines is 1. The molecule has 188 valence electrons. The molecule has 1 N–H and O–H groups in total. The second-order valence-electron chi connectivity index (χ2n) is 8.39. The number of halogens is 6. The predicted octanol–water partition coefficient (Wildman–Crippen LogP) is 5.80. The normalized spacial score (nSPS) is 15.9. The number of fused-ring (bicyclic) bond motifs is 1. The summed E-state index contributed by atoms with van der Waals surface area (Å²) in [5.41, 5.74) is -4.19. The molecule has 12 heteroatoms. The minimum Gasteiger partial charge on any atom is -0.487 e. The molecule has 6 nitrogen and oxygen atoms in total. The zero-order chi connectivity index (χ0) is 25.7. The Morgan fingerprint density at radius 1 is 1.20 bits per heavy atom. The molecule has 4 rings (SSSR count). The van der Waals surface area contributed by atoms with Crippen molar-refractivity contribution in [1.29, 1.82) is 0 Å². The maximum Gasteiger partial charge on any atom is 0.412 e. The first-order chi connectivity index (χ1) is 16.4. The molecule has 1 aromatic carbocycles. The standard InChI is InChI=1S/C23H22F6N4O2/c1-4-35-18-17-15(10-33(21(18)34)22(8-9-22)23(27,28)29)20(32-12(3)31-17)30-11(2)13-6-5-7-14(16(13)24)19(25)26/h5-7,10-11,19H,4,8-9H2,1-3H3,(H,30,31,32)/t11-/m1/s1. The number of aryl methyl sites for hydroxylation is 1. The van der Waals surface area contributed by atoms with Crippen molar-refractivity contribution in [2.24, 2.45) is 0 Å². The quantitative estimate of drug-likeness (QED) is 0.416. The van der Waals surface area contributed by atoms with E-state index in [9.17, 15) is 31.1 Å². The molecule has 1 atom stereocenters. The lowest BCUT2D eigenvalue weighted by Gasteiger charge is -2.24. The van der Waals surface area contributed by atoms with Gasteiger partial charge in [0.2, 0.25) is 5.75 Å². The third-order valence-electron chi connectivity index (χ3n) is 6.06. The number of benzene rings is 1. The average molecular weight is 500 g/mol. The van der Waals surface area contributed by atoms with Crippen molar-refractivity contribution in [3.63, 3.8) is 0 Å². The molecule has 2 aromatic heterocycles. The van der Waals surface area contributed by atoms with Crippen molar-refractivity contribution in [3.8, 4) is 5.75 Å². The lowest BCUT2D eigenvalue weighted by Crippen LogP contribution is -2.41. The van der Waals surface area contributed by atoms with E-state index in [2.05, 4.69) is 15.3 Å². The Kier molecular flexibility index (Phi) is 6.18. The molecule has 0 aliphatic heterocycles. The number of ether oxygens (including phenoxy) is 1. The molecule has 0 radical (unpaired) electrons. The van der Waals surface area contributed by atoms with Gasteiger partial charge in [-0.15, -0.1) is 0 Å². The molecule has 0 unspecified atom stereocenters. The van der Waals surface area contributed by atoms with Crippen molar-refractivity contribution in [3.05, 3.63) is 57.5 Å². The van der Waals surface area contributed by atoms with Gasteiger partial charge in [0.1, 0.15) is 28.5 Å². The Labute approximate surface area is 196 Å². The topological polar surface area (TPSA) is 69.0 Å². The Morgan fingerprint density at radius 3 is 2.43 bits per heavy atom. The van der Waals surface area contributed by atoms with Gasteiger partial charge in [-0.25, -0.2) is 23.1 Å². The third kappa shape index (κ3) is 4.19. The largest absolute Gasteiger partial charge is 0.487 e. The highest BCUT2D eigenvalue weighted by Crippen LogP contribution is 2.55. The number of hydrogen-bond donors (Lipinski definition) is 1. The van der Waals surface area contributed by atoms with Crippen LogP contribution < -0.4 is 15.6 Å². The van der Waals surface area contributed by atoms with Crippen LogP contribution in [0.25, 0.3) is 10.9 Å². The lowest BCUT2D eigenvalue weighted by atomic mass is 10.0. The van der Waals surface area contributed by atoms with Gasteiger partial charge in [0.15, 0.2) is 0 Å². The number of pyridine rings is 1. The highest BCUT2D eigenvalue weighted by Gasteiger charge is 2.65. The molecule has 1 aliphatic carbocycles. The van der Waals surface area contributed by atoms with Crippen LogP contribution in [0.15, 0.2) is 29.2 Å². The van der Waals surface area contributed by atoms with E-state index in [4.69, 9.17) is 4.74 Å². The van der Waals surface area contributed by atoms with E-state index in [0.717, 1.165) is 12.3 Å². The van der Waals surface area contributed by atoms with Gasteiger partial charge in [-0.1, -0.05) is 18.2 Å². The summed E-state index contributed by atoms with van der Waals surface area (Å²) >= 11 is 0. The third-order valence-corrected chi connectivity index (χ3v) is 6.06. The highest BCUT2D eigenvalue weighted by atomic mass is 19.4. The molecule has 1 fully saturated rings. The number of rotatable bonds is 7. The Morgan fingerprint density at radius 2 is 1.86 bits per heavy atom. The van der Waals surface area contributed by atoms with Gasteiger partial charge < -0.3 is 10.1 Å². The van der Waals surface area contributed by atoms with Crippen LogP contribution in [0, 0.1) is 12.7 Å². The molecule has 1 saturated carbocycles.